The van der Waals surface area contributed by atoms with Crippen molar-refractivity contribution in [1.82, 2.24) is 0 Å². The van der Waals surface area contributed by atoms with Crippen molar-refractivity contribution < 1.29 is 9.59 Å². The molecule has 0 N–H and O–H groups in total. The Bertz CT molecular complexity index is 1360. The summed E-state index contributed by atoms with van der Waals surface area (Å²) in [5, 5.41) is 0. The Morgan fingerprint density at radius 3 is 1.26 bits per heavy atom. The highest BCUT2D eigenvalue weighted by Crippen LogP contribution is 2.32. The van der Waals surface area contributed by atoms with E-state index >= 15 is 0 Å². The standard InChI is InChI=1S/C30H22N2O2/c1-19-3-7-21(8-4-19)17-31-23-11-13-25-27(15-23)29(33)26-14-12-24(16-28(26)30(25)34)32-18-22-9-5-20(2)6-10-22/h3-18H,1-2H3. The summed E-state index contributed by atoms with van der Waals surface area (Å²) < 4.78 is 0. The molecule has 0 spiro atoms. The van der Waals surface area contributed by atoms with Gasteiger partial charge in [0.15, 0.2) is 11.6 Å². The average molecular weight is 443 g/mol. The zero-order valence-corrected chi connectivity index (χ0v) is 18.9. The van der Waals surface area contributed by atoms with E-state index in [0.717, 1.165) is 11.1 Å². The quantitative estimate of drug-likeness (QED) is 0.295. The molecule has 164 valence electrons. The van der Waals surface area contributed by atoms with Crippen molar-refractivity contribution in [2.45, 2.75) is 13.8 Å². The summed E-state index contributed by atoms with van der Waals surface area (Å²) in [5.74, 6) is -0.350. The first-order valence-electron chi connectivity index (χ1n) is 11.1. The summed E-state index contributed by atoms with van der Waals surface area (Å²) >= 11 is 0. The smallest absolute Gasteiger partial charge is 0.194 e. The molecule has 0 saturated carbocycles. The molecule has 0 aliphatic heterocycles. The summed E-state index contributed by atoms with van der Waals surface area (Å²) in [6.07, 6.45) is 3.51. The van der Waals surface area contributed by atoms with Crippen LogP contribution < -0.4 is 0 Å². The van der Waals surface area contributed by atoms with Gasteiger partial charge in [-0.2, -0.15) is 0 Å². The van der Waals surface area contributed by atoms with Crippen molar-refractivity contribution in [2.75, 3.05) is 0 Å². The lowest BCUT2D eigenvalue weighted by molar-refractivity contribution is 0.0979. The minimum Gasteiger partial charge on any atom is -0.289 e. The van der Waals surface area contributed by atoms with E-state index in [2.05, 4.69) is 9.98 Å². The van der Waals surface area contributed by atoms with Crippen LogP contribution in [-0.2, 0) is 0 Å². The predicted molar refractivity (Wildman–Crippen MR) is 137 cm³/mol. The molecule has 4 heteroatoms. The van der Waals surface area contributed by atoms with Gasteiger partial charge in [-0.3, -0.25) is 19.6 Å². The lowest BCUT2D eigenvalue weighted by atomic mass is 9.83. The number of nitrogens with zero attached hydrogens (tertiary/aromatic N) is 2. The van der Waals surface area contributed by atoms with Crippen LogP contribution in [0.3, 0.4) is 0 Å². The maximum Gasteiger partial charge on any atom is 0.194 e. The molecule has 0 saturated heterocycles. The molecule has 0 heterocycles. The third kappa shape index (κ3) is 4.26. The number of hydrogen-bond acceptors (Lipinski definition) is 4. The van der Waals surface area contributed by atoms with E-state index in [1.54, 1.807) is 48.8 Å². The summed E-state index contributed by atoms with van der Waals surface area (Å²) in [6, 6.07) is 26.3. The Hall–Kier alpha value is -4.44. The summed E-state index contributed by atoms with van der Waals surface area (Å²) in [7, 11) is 0. The first-order valence-corrected chi connectivity index (χ1v) is 11.1. The molecule has 0 atom stereocenters. The second-order valence-corrected chi connectivity index (χ2v) is 8.46. The zero-order chi connectivity index (χ0) is 23.7. The molecule has 5 rings (SSSR count). The second kappa shape index (κ2) is 8.83. The van der Waals surface area contributed by atoms with Crippen LogP contribution in [0.2, 0.25) is 0 Å². The van der Waals surface area contributed by atoms with E-state index in [9.17, 15) is 9.59 Å². The van der Waals surface area contributed by atoms with Gasteiger partial charge in [-0.15, -0.1) is 0 Å². The van der Waals surface area contributed by atoms with E-state index in [4.69, 9.17) is 0 Å². The molecule has 0 bridgehead atoms. The molecule has 1 aliphatic carbocycles. The Labute approximate surface area is 198 Å². The molecule has 0 radical (unpaired) electrons. The monoisotopic (exact) mass is 442 g/mol. The van der Waals surface area contributed by atoms with Crippen LogP contribution >= 0.6 is 0 Å². The minimum absolute atomic E-state index is 0.175. The fourth-order valence-corrected chi connectivity index (χ4v) is 3.89. The highest BCUT2D eigenvalue weighted by molar-refractivity contribution is 6.28. The summed E-state index contributed by atoms with van der Waals surface area (Å²) in [6.45, 7) is 4.06. The Balaban J connectivity index is 1.42. The number of carbonyl (C=O) groups is 2. The van der Waals surface area contributed by atoms with Gasteiger partial charge in [-0.25, -0.2) is 0 Å². The molecule has 1 aliphatic rings. The van der Waals surface area contributed by atoms with Crippen LogP contribution in [0.4, 0.5) is 11.4 Å². The Morgan fingerprint density at radius 1 is 0.500 bits per heavy atom. The number of rotatable bonds is 4. The van der Waals surface area contributed by atoms with Gasteiger partial charge < -0.3 is 0 Å². The molecule has 4 aromatic rings. The number of ketones is 2. The van der Waals surface area contributed by atoms with Gasteiger partial charge in [0.2, 0.25) is 0 Å². The Kier molecular flexibility index (Phi) is 5.56. The molecule has 0 unspecified atom stereocenters. The molecule has 0 amide bonds. The maximum atomic E-state index is 13.2. The third-order valence-corrected chi connectivity index (χ3v) is 5.86. The molecular weight excluding hydrogens is 420 g/mol. The van der Waals surface area contributed by atoms with Crippen LogP contribution in [0.25, 0.3) is 0 Å². The molecule has 4 nitrogen and oxygen atoms in total. The normalized spacial score (nSPS) is 12.9. The van der Waals surface area contributed by atoms with E-state index in [1.807, 2.05) is 62.4 Å². The molecule has 0 aromatic heterocycles. The lowest BCUT2D eigenvalue weighted by Crippen LogP contribution is -2.20. The SMILES string of the molecule is Cc1ccc(C=Nc2ccc3c(c2)C(=O)c2ccc(N=Cc4ccc(C)cc4)cc2C3=O)cc1. The van der Waals surface area contributed by atoms with Gasteiger partial charge in [0.05, 0.1) is 11.4 Å². The maximum absolute atomic E-state index is 13.2. The van der Waals surface area contributed by atoms with Gasteiger partial charge in [-0.1, -0.05) is 59.7 Å². The lowest BCUT2D eigenvalue weighted by Gasteiger charge is -2.18. The van der Waals surface area contributed by atoms with E-state index in [0.29, 0.717) is 33.6 Å². The number of hydrogen-bond donors (Lipinski definition) is 0. The Morgan fingerprint density at radius 2 is 0.882 bits per heavy atom. The van der Waals surface area contributed by atoms with Gasteiger partial charge in [0.1, 0.15) is 0 Å². The number of aryl methyl sites for hydroxylation is 2. The molecular formula is C30H22N2O2. The molecule has 34 heavy (non-hydrogen) atoms. The average Bonchev–Trinajstić information content (AvgIpc) is 2.86. The number of aliphatic imine (C=N–C) groups is 2. The van der Waals surface area contributed by atoms with Crippen LogP contribution in [-0.4, -0.2) is 24.0 Å². The summed E-state index contributed by atoms with van der Waals surface area (Å²) in [5.41, 5.74) is 7.10. The highest BCUT2D eigenvalue weighted by atomic mass is 16.1. The highest BCUT2D eigenvalue weighted by Gasteiger charge is 2.30. The van der Waals surface area contributed by atoms with Crippen molar-refractivity contribution in [2.24, 2.45) is 9.98 Å². The van der Waals surface area contributed by atoms with Crippen molar-refractivity contribution in [3.63, 3.8) is 0 Å². The predicted octanol–water partition coefficient (Wildman–Crippen LogP) is 6.58. The first kappa shape index (κ1) is 21.4. The first-order chi connectivity index (χ1) is 16.5. The van der Waals surface area contributed by atoms with Gasteiger partial charge >= 0.3 is 0 Å². The zero-order valence-electron chi connectivity index (χ0n) is 18.9. The van der Waals surface area contributed by atoms with E-state index < -0.39 is 0 Å². The van der Waals surface area contributed by atoms with Gasteiger partial charge in [0.25, 0.3) is 0 Å². The topological polar surface area (TPSA) is 58.9 Å². The second-order valence-electron chi connectivity index (χ2n) is 8.46. The fourth-order valence-electron chi connectivity index (χ4n) is 3.89. The fraction of sp³-hybridized carbons (Fsp3) is 0.0667. The minimum atomic E-state index is -0.175. The van der Waals surface area contributed by atoms with Crippen molar-refractivity contribution in [3.8, 4) is 0 Å². The molecule has 4 aromatic carbocycles. The van der Waals surface area contributed by atoms with Gasteiger partial charge in [0, 0.05) is 34.7 Å². The summed E-state index contributed by atoms with van der Waals surface area (Å²) in [4.78, 5) is 35.4. The van der Waals surface area contributed by atoms with Crippen LogP contribution in [0.15, 0.2) is 94.9 Å². The van der Waals surface area contributed by atoms with Crippen LogP contribution in [0.1, 0.15) is 54.1 Å². The van der Waals surface area contributed by atoms with Gasteiger partial charge in [-0.05, 0) is 61.4 Å². The molecule has 0 fully saturated rings. The number of fused-ring (bicyclic) bond motifs is 2. The van der Waals surface area contributed by atoms with Crippen LogP contribution in [0, 0.1) is 13.8 Å². The third-order valence-electron chi connectivity index (χ3n) is 5.86. The van der Waals surface area contributed by atoms with E-state index in [1.165, 1.54) is 11.1 Å². The van der Waals surface area contributed by atoms with Crippen molar-refractivity contribution in [1.29, 1.82) is 0 Å². The number of benzene rings is 4. The largest absolute Gasteiger partial charge is 0.289 e. The van der Waals surface area contributed by atoms with Crippen molar-refractivity contribution in [3.05, 3.63) is 129 Å². The number of carbonyl (C=O) groups excluding carboxylic acids is 2. The van der Waals surface area contributed by atoms with Crippen LogP contribution in [0.5, 0.6) is 0 Å². The van der Waals surface area contributed by atoms with E-state index in [-0.39, 0.29) is 11.6 Å². The van der Waals surface area contributed by atoms with Crippen molar-refractivity contribution >= 4 is 35.4 Å².